The number of aryl methyl sites for hydroxylation is 1. The van der Waals surface area contributed by atoms with E-state index in [2.05, 4.69) is 5.10 Å². The van der Waals surface area contributed by atoms with E-state index in [4.69, 9.17) is 10.00 Å². The van der Waals surface area contributed by atoms with Crippen LogP contribution in [0.15, 0.2) is 30.5 Å². The normalized spacial score (nSPS) is 9.94. The summed E-state index contributed by atoms with van der Waals surface area (Å²) in [6.45, 7) is 0.227. The Morgan fingerprint density at radius 1 is 1.41 bits per heavy atom. The average Bonchev–Trinajstić information content (AvgIpc) is 2.69. The Morgan fingerprint density at radius 3 is 2.76 bits per heavy atom. The minimum atomic E-state index is -0.310. The second-order valence-corrected chi connectivity index (χ2v) is 3.48. The Kier molecular flexibility index (Phi) is 3.06. The molecule has 0 aliphatic rings. The quantitative estimate of drug-likeness (QED) is 0.811. The van der Waals surface area contributed by atoms with Crippen molar-refractivity contribution in [2.45, 2.75) is 6.61 Å². The molecule has 0 fully saturated rings. The summed E-state index contributed by atoms with van der Waals surface area (Å²) in [5.74, 6) is 0.243. The molecule has 0 bridgehead atoms. The smallest absolute Gasteiger partial charge is 0.131 e. The monoisotopic (exact) mass is 231 g/mol. The number of ether oxygens (including phenoxy) is 1. The van der Waals surface area contributed by atoms with Gasteiger partial charge in [-0.15, -0.1) is 0 Å². The number of nitrogens with zero attached hydrogens (tertiary/aromatic N) is 3. The van der Waals surface area contributed by atoms with Crippen molar-refractivity contribution in [3.05, 3.63) is 47.5 Å². The first-order valence-corrected chi connectivity index (χ1v) is 5.00. The maximum absolute atomic E-state index is 12.7. The molecule has 4 nitrogen and oxygen atoms in total. The summed E-state index contributed by atoms with van der Waals surface area (Å²) in [7, 11) is 1.74. The number of hydrogen-bond donors (Lipinski definition) is 0. The lowest BCUT2D eigenvalue weighted by molar-refractivity contribution is 0.294. The fourth-order valence-electron chi connectivity index (χ4n) is 1.41. The number of hydrogen-bond acceptors (Lipinski definition) is 3. The van der Waals surface area contributed by atoms with Gasteiger partial charge in [0, 0.05) is 7.05 Å². The summed E-state index contributed by atoms with van der Waals surface area (Å²) < 4.78 is 19.7. The van der Waals surface area contributed by atoms with E-state index in [-0.39, 0.29) is 12.4 Å². The van der Waals surface area contributed by atoms with Crippen LogP contribution in [-0.2, 0) is 13.7 Å². The van der Waals surface area contributed by atoms with Crippen molar-refractivity contribution in [3.8, 4) is 11.8 Å². The van der Waals surface area contributed by atoms with E-state index >= 15 is 0 Å². The Morgan fingerprint density at radius 2 is 2.12 bits per heavy atom. The van der Waals surface area contributed by atoms with E-state index < -0.39 is 0 Å². The van der Waals surface area contributed by atoms with Gasteiger partial charge in [0.1, 0.15) is 24.2 Å². The highest BCUT2D eigenvalue weighted by Gasteiger charge is 2.08. The first-order valence-electron chi connectivity index (χ1n) is 5.00. The van der Waals surface area contributed by atoms with Gasteiger partial charge in [0.25, 0.3) is 0 Å². The Hall–Kier alpha value is -2.35. The number of aromatic nitrogens is 2. The molecule has 86 valence electrons. The van der Waals surface area contributed by atoms with Gasteiger partial charge in [-0.05, 0) is 24.3 Å². The second-order valence-electron chi connectivity index (χ2n) is 3.48. The van der Waals surface area contributed by atoms with Crippen LogP contribution in [0.25, 0.3) is 0 Å². The van der Waals surface area contributed by atoms with Gasteiger partial charge in [0.15, 0.2) is 0 Å². The van der Waals surface area contributed by atoms with Gasteiger partial charge in [-0.3, -0.25) is 4.68 Å². The SMILES string of the molecule is Cn1ncc(C#N)c1COc1ccc(F)cc1. The van der Waals surface area contributed by atoms with E-state index in [0.29, 0.717) is 17.0 Å². The summed E-state index contributed by atoms with van der Waals surface area (Å²) in [4.78, 5) is 0. The maximum atomic E-state index is 12.7. The summed E-state index contributed by atoms with van der Waals surface area (Å²) >= 11 is 0. The fraction of sp³-hybridized carbons (Fsp3) is 0.167. The molecule has 0 unspecified atom stereocenters. The summed E-state index contributed by atoms with van der Waals surface area (Å²) in [6, 6.07) is 7.76. The second kappa shape index (κ2) is 4.66. The molecule has 0 saturated heterocycles. The van der Waals surface area contributed by atoms with E-state index in [9.17, 15) is 4.39 Å². The predicted octanol–water partition coefficient (Wildman–Crippen LogP) is 2.01. The van der Waals surface area contributed by atoms with Crippen LogP contribution in [0, 0.1) is 17.1 Å². The highest BCUT2D eigenvalue weighted by molar-refractivity contribution is 5.31. The molecule has 2 rings (SSSR count). The van der Waals surface area contributed by atoms with Gasteiger partial charge in [-0.1, -0.05) is 0 Å². The zero-order valence-electron chi connectivity index (χ0n) is 9.22. The Balaban J connectivity index is 2.10. The van der Waals surface area contributed by atoms with Crippen LogP contribution >= 0.6 is 0 Å². The molecule has 5 heteroatoms. The summed E-state index contributed by atoms with van der Waals surface area (Å²) in [5.41, 5.74) is 1.17. The lowest BCUT2D eigenvalue weighted by atomic mass is 10.3. The highest BCUT2D eigenvalue weighted by atomic mass is 19.1. The van der Waals surface area contributed by atoms with Crippen molar-refractivity contribution in [1.82, 2.24) is 9.78 Å². The molecule has 0 saturated carbocycles. The maximum Gasteiger partial charge on any atom is 0.131 e. The minimum absolute atomic E-state index is 0.227. The van der Waals surface area contributed by atoms with Gasteiger partial charge in [0.2, 0.25) is 0 Å². The van der Waals surface area contributed by atoms with Crippen molar-refractivity contribution >= 4 is 0 Å². The molecule has 0 aliphatic carbocycles. The van der Waals surface area contributed by atoms with Crippen molar-refractivity contribution in [3.63, 3.8) is 0 Å². The van der Waals surface area contributed by atoms with Gasteiger partial charge < -0.3 is 4.74 Å². The number of halogens is 1. The molecule has 2 aromatic rings. The topological polar surface area (TPSA) is 50.8 Å². The molecule has 0 amide bonds. The van der Waals surface area contributed by atoms with Gasteiger partial charge in [-0.25, -0.2) is 4.39 Å². The highest BCUT2D eigenvalue weighted by Crippen LogP contribution is 2.14. The standard InChI is InChI=1S/C12H10FN3O/c1-16-12(9(6-14)7-15-16)8-17-11-4-2-10(13)3-5-11/h2-5,7H,8H2,1H3. The van der Waals surface area contributed by atoms with Crippen molar-refractivity contribution in [1.29, 1.82) is 5.26 Å². The van der Waals surface area contributed by atoms with Crippen LogP contribution in [0.4, 0.5) is 4.39 Å². The number of rotatable bonds is 3. The van der Waals surface area contributed by atoms with Gasteiger partial charge in [-0.2, -0.15) is 10.4 Å². The molecule has 0 N–H and O–H groups in total. The zero-order valence-corrected chi connectivity index (χ0v) is 9.22. The molecule has 0 atom stereocenters. The number of nitriles is 1. The van der Waals surface area contributed by atoms with Crippen LogP contribution < -0.4 is 4.74 Å². The first-order chi connectivity index (χ1) is 8.20. The first kappa shape index (κ1) is 11.1. The van der Waals surface area contributed by atoms with Crippen molar-refractivity contribution in [2.24, 2.45) is 7.05 Å². The zero-order chi connectivity index (χ0) is 12.3. The fourth-order valence-corrected chi connectivity index (χ4v) is 1.41. The van der Waals surface area contributed by atoms with Crippen LogP contribution in [-0.4, -0.2) is 9.78 Å². The summed E-state index contributed by atoms with van der Waals surface area (Å²) in [6.07, 6.45) is 1.49. The van der Waals surface area contributed by atoms with Crippen LogP contribution in [0.3, 0.4) is 0 Å². The molecular formula is C12H10FN3O. The van der Waals surface area contributed by atoms with Gasteiger partial charge >= 0.3 is 0 Å². The van der Waals surface area contributed by atoms with E-state index in [0.717, 1.165) is 0 Å². The molecule has 0 spiro atoms. The molecule has 1 heterocycles. The molecule has 0 aliphatic heterocycles. The third-order valence-corrected chi connectivity index (χ3v) is 2.37. The average molecular weight is 231 g/mol. The van der Waals surface area contributed by atoms with Crippen molar-refractivity contribution in [2.75, 3.05) is 0 Å². The molecule has 1 aromatic carbocycles. The minimum Gasteiger partial charge on any atom is -0.487 e. The molecule has 17 heavy (non-hydrogen) atoms. The van der Waals surface area contributed by atoms with Gasteiger partial charge in [0.05, 0.1) is 17.5 Å². The number of benzene rings is 1. The van der Waals surface area contributed by atoms with Crippen LogP contribution in [0.5, 0.6) is 5.75 Å². The lowest BCUT2D eigenvalue weighted by Gasteiger charge is -2.06. The third kappa shape index (κ3) is 2.42. The Labute approximate surface area is 97.9 Å². The van der Waals surface area contributed by atoms with E-state index in [1.54, 1.807) is 11.7 Å². The Bertz CT molecular complexity index is 554. The lowest BCUT2D eigenvalue weighted by Crippen LogP contribution is -2.04. The predicted molar refractivity (Wildman–Crippen MR) is 58.7 cm³/mol. The van der Waals surface area contributed by atoms with Crippen LogP contribution in [0.1, 0.15) is 11.3 Å². The largest absolute Gasteiger partial charge is 0.487 e. The van der Waals surface area contributed by atoms with Crippen molar-refractivity contribution < 1.29 is 9.13 Å². The molecular weight excluding hydrogens is 221 g/mol. The van der Waals surface area contributed by atoms with Crippen LogP contribution in [0.2, 0.25) is 0 Å². The molecule has 0 radical (unpaired) electrons. The third-order valence-electron chi connectivity index (χ3n) is 2.37. The van der Waals surface area contributed by atoms with E-state index in [1.165, 1.54) is 30.5 Å². The summed E-state index contributed by atoms with van der Waals surface area (Å²) in [5, 5.41) is 12.8. The van der Waals surface area contributed by atoms with E-state index in [1.807, 2.05) is 6.07 Å². The molecule has 1 aromatic heterocycles.